The highest BCUT2D eigenvalue weighted by Gasteiger charge is 2.33. The van der Waals surface area contributed by atoms with Crippen LogP contribution in [0.3, 0.4) is 0 Å². The lowest BCUT2D eigenvalue weighted by Crippen LogP contribution is -2.40. The number of unbranched alkanes of at least 4 members (excludes halogenated alkanes) is 24. The first-order chi connectivity index (χ1) is 21.7. The van der Waals surface area contributed by atoms with Crippen LogP contribution in [0.5, 0.6) is 0 Å². The van der Waals surface area contributed by atoms with Crippen molar-refractivity contribution < 1.29 is 37.6 Å². The largest absolute Gasteiger partial charge is 0.726 e. The average Bonchev–Trinajstić information content (AvgIpc) is 3.01. The van der Waals surface area contributed by atoms with Crippen LogP contribution in [0.4, 0.5) is 0 Å². The molecule has 0 spiro atoms. The highest BCUT2D eigenvalue weighted by Crippen LogP contribution is 2.20. The van der Waals surface area contributed by atoms with E-state index in [4.69, 9.17) is 0 Å². The maximum atomic E-state index is 12.9. The molecular weight excluding hydrogens is 590 g/mol. The molecule has 1 unspecified atom stereocenters. The van der Waals surface area contributed by atoms with Crippen LogP contribution >= 0.6 is 0 Å². The van der Waals surface area contributed by atoms with Crippen molar-refractivity contribution >= 4 is 22.0 Å². The lowest BCUT2D eigenvalue weighted by molar-refractivity contribution is -0.325. The number of hydrogen-bond donors (Lipinski definition) is 2. The topological polar surface area (TPSA) is 148 Å². The lowest BCUT2D eigenvalue weighted by Gasteiger charge is -2.21. The molecule has 0 aromatic heterocycles. The Morgan fingerprint density at radius 1 is 0.556 bits per heavy atom. The van der Waals surface area contributed by atoms with E-state index in [1.54, 1.807) is 7.05 Å². The van der Waals surface area contributed by atoms with Crippen LogP contribution in [-0.4, -0.2) is 49.4 Å². The van der Waals surface area contributed by atoms with Gasteiger partial charge in [0.25, 0.3) is 0 Å². The van der Waals surface area contributed by atoms with E-state index >= 15 is 0 Å². The summed E-state index contributed by atoms with van der Waals surface area (Å²) in [6.45, 7) is 3.60. The fourth-order valence-electron chi connectivity index (χ4n) is 5.80. The number of rotatable bonds is 34. The predicted molar refractivity (Wildman–Crippen MR) is 185 cm³/mol. The van der Waals surface area contributed by atoms with Crippen molar-refractivity contribution in [3.05, 3.63) is 0 Å². The lowest BCUT2D eigenvalue weighted by atomic mass is 9.87. The summed E-state index contributed by atoms with van der Waals surface area (Å²) in [5.74, 6) is -2.11. The van der Waals surface area contributed by atoms with Crippen molar-refractivity contribution in [1.82, 2.24) is 0 Å². The summed E-state index contributed by atoms with van der Waals surface area (Å²) in [5.41, 5.74) is 3.25. The van der Waals surface area contributed by atoms with Crippen molar-refractivity contribution in [2.75, 3.05) is 13.7 Å². The molecule has 270 valence electrons. The van der Waals surface area contributed by atoms with Gasteiger partial charge >= 0.3 is 0 Å². The summed E-state index contributed by atoms with van der Waals surface area (Å²) in [5, 5.41) is 10.5. The number of quaternary nitrogens is 1. The highest BCUT2D eigenvalue weighted by molar-refractivity contribution is 7.80. The van der Waals surface area contributed by atoms with Crippen molar-refractivity contribution in [3.63, 3.8) is 0 Å². The van der Waals surface area contributed by atoms with Crippen molar-refractivity contribution in [2.45, 2.75) is 200 Å². The summed E-state index contributed by atoms with van der Waals surface area (Å²) in [7, 11) is -3.27. The monoisotopic (exact) mass is 664 g/mol. The summed E-state index contributed by atoms with van der Waals surface area (Å²) >= 11 is 0. The zero-order valence-electron chi connectivity index (χ0n) is 29.7. The Morgan fingerprint density at radius 2 is 0.800 bits per heavy atom. The summed E-state index contributed by atoms with van der Waals surface area (Å²) in [6, 6.07) is 0. The molecule has 45 heavy (non-hydrogen) atoms. The summed E-state index contributed by atoms with van der Waals surface area (Å²) in [4.78, 5) is 25.8. The van der Waals surface area contributed by atoms with Gasteiger partial charge in [-0.25, -0.2) is 8.42 Å². The number of aliphatic hydroxyl groups is 1. The third kappa shape index (κ3) is 32.8. The van der Waals surface area contributed by atoms with Gasteiger partial charge in [-0.05, 0) is 12.8 Å². The molecule has 0 aliphatic rings. The van der Waals surface area contributed by atoms with Crippen LogP contribution in [-0.2, 0) is 24.2 Å². The van der Waals surface area contributed by atoms with E-state index < -0.39 is 29.0 Å². The van der Waals surface area contributed by atoms with E-state index in [0.29, 0.717) is 12.8 Å². The number of carbonyl (C=O) groups excluding carboxylic acids is 2. The normalized spacial score (nSPS) is 12.2. The third-order valence-corrected chi connectivity index (χ3v) is 8.94. The van der Waals surface area contributed by atoms with Gasteiger partial charge in [-0.3, -0.25) is 13.8 Å². The fourth-order valence-corrected chi connectivity index (χ4v) is 6.11. The Labute approximate surface area is 278 Å². The quantitative estimate of drug-likeness (QED) is 0.0304. The SMILES string of the molecule is CCCCCCCCCCCCCCCC(=O)C(C(=O)CCCCCCCCCCCCCCC)C(O)COS(=O)(=O)[O-].C[NH3+]. The summed E-state index contributed by atoms with van der Waals surface area (Å²) in [6.07, 6.45) is 29.4. The first-order valence-electron chi connectivity index (χ1n) is 18.8. The van der Waals surface area contributed by atoms with Crippen LogP contribution < -0.4 is 5.73 Å². The predicted octanol–water partition coefficient (Wildman–Crippen LogP) is 8.40. The Morgan fingerprint density at radius 3 is 1.04 bits per heavy atom. The summed E-state index contributed by atoms with van der Waals surface area (Å²) < 4.78 is 36.7. The van der Waals surface area contributed by atoms with Crippen molar-refractivity contribution in [1.29, 1.82) is 0 Å². The van der Waals surface area contributed by atoms with Gasteiger partial charge in [-0.2, -0.15) is 0 Å². The molecular formula is C36H73NO7S. The van der Waals surface area contributed by atoms with E-state index in [1.807, 2.05) is 0 Å². The van der Waals surface area contributed by atoms with Gasteiger partial charge in [0.1, 0.15) is 17.5 Å². The average molecular weight is 664 g/mol. The molecule has 0 saturated carbocycles. The first-order valence-corrected chi connectivity index (χ1v) is 20.1. The maximum Gasteiger partial charge on any atom is 0.217 e. The second-order valence-corrected chi connectivity index (χ2v) is 13.7. The van der Waals surface area contributed by atoms with Crippen LogP contribution in [0.1, 0.15) is 194 Å². The molecule has 8 nitrogen and oxygen atoms in total. The molecule has 0 saturated heterocycles. The second-order valence-electron chi connectivity index (χ2n) is 12.7. The Hall–Kier alpha value is -0.870. The molecule has 0 aliphatic carbocycles. The van der Waals surface area contributed by atoms with Crippen LogP contribution in [0.25, 0.3) is 0 Å². The zero-order valence-corrected chi connectivity index (χ0v) is 30.5. The number of aliphatic hydroxyl groups excluding tert-OH is 1. The molecule has 9 heteroatoms. The molecule has 0 aliphatic heterocycles. The molecule has 0 amide bonds. The third-order valence-electron chi connectivity index (χ3n) is 8.52. The van der Waals surface area contributed by atoms with Crippen LogP contribution in [0, 0.1) is 5.92 Å². The molecule has 0 fully saturated rings. The standard InChI is InChI=1S/C35H68O7S.CH5N/c1-3-5-7-9-11-13-15-17-19-21-23-25-27-29-32(36)35(34(38)31-42-43(39,40)41)33(37)30-28-26-24-22-20-18-16-14-12-10-8-6-4-2;1-2/h34-35,38H,3-31H2,1-2H3,(H,39,40,41);2H2,1H3. The van der Waals surface area contributed by atoms with E-state index in [1.165, 1.54) is 116 Å². The van der Waals surface area contributed by atoms with E-state index in [-0.39, 0.29) is 24.4 Å². The molecule has 0 aromatic carbocycles. The molecule has 0 bridgehead atoms. The van der Waals surface area contributed by atoms with Crippen molar-refractivity contribution in [3.8, 4) is 0 Å². The molecule has 0 rings (SSSR count). The number of hydrogen-bond acceptors (Lipinski definition) is 7. The van der Waals surface area contributed by atoms with Gasteiger partial charge in [0.2, 0.25) is 10.4 Å². The second kappa shape index (κ2) is 34.5. The number of carbonyl (C=O) groups is 2. The maximum absolute atomic E-state index is 12.9. The Bertz CT molecular complexity index is 719. The minimum atomic E-state index is -5.02. The first kappa shape index (κ1) is 46.2. The smallest absolute Gasteiger partial charge is 0.217 e. The molecule has 1 atom stereocenters. The number of ketones is 2. The minimum Gasteiger partial charge on any atom is -0.726 e. The minimum absolute atomic E-state index is 0.161. The Kier molecular flexibility index (Phi) is 35.4. The number of Topliss-reactive ketones (excluding diaryl/α,β-unsaturated/α-hetero) is 2. The van der Waals surface area contributed by atoms with Gasteiger partial charge in [-0.15, -0.1) is 0 Å². The molecule has 4 N–H and O–H groups in total. The Balaban J connectivity index is 0. The van der Waals surface area contributed by atoms with Gasteiger partial charge in [0.15, 0.2) is 0 Å². The zero-order chi connectivity index (χ0) is 34.0. The molecule has 0 radical (unpaired) electrons. The van der Waals surface area contributed by atoms with Gasteiger partial charge in [-0.1, -0.05) is 168 Å². The van der Waals surface area contributed by atoms with E-state index in [2.05, 4.69) is 23.8 Å². The fraction of sp³-hybridized carbons (Fsp3) is 0.944. The van der Waals surface area contributed by atoms with Gasteiger partial charge in [0, 0.05) is 12.8 Å². The molecule has 0 heterocycles. The van der Waals surface area contributed by atoms with E-state index in [9.17, 15) is 27.7 Å². The van der Waals surface area contributed by atoms with Crippen LogP contribution in [0.15, 0.2) is 0 Å². The van der Waals surface area contributed by atoms with Crippen LogP contribution in [0.2, 0.25) is 0 Å². The highest BCUT2D eigenvalue weighted by atomic mass is 32.3. The van der Waals surface area contributed by atoms with Crippen molar-refractivity contribution in [2.24, 2.45) is 5.92 Å². The molecule has 0 aromatic rings. The van der Waals surface area contributed by atoms with E-state index in [0.717, 1.165) is 38.5 Å². The van der Waals surface area contributed by atoms with Gasteiger partial charge in [0.05, 0.1) is 19.8 Å². The van der Waals surface area contributed by atoms with Gasteiger partial charge < -0.3 is 15.4 Å².